The predicted molar refractivity (Wildman–Crippen MR) is 91.1 cm³/mol. The minimum atomic E-state index is 0. The summed E-state index contributed by atoms with van der Waals surface area (Å²) in [7, 11) is 4.11. The molecule has 0 amide bonds. The molecule has 0 atom stereocenters. The number of benzene rings is 1. The molecule has 2 heterocycles. The third-order valence-corrected chi connectivity index (χ3v) is 2.39. The molecule has 0 bridgehead atoms. The first-order valence-corrected chi connectivity index (χ1v) is 7.09. The van der Waals surface area contributed by atoms with E-state index in [1.807, 2.05) is 54.6 Å². The Balaban J connectivity index is 0.000000325. The summed E-state index contributed by atoms with van der Waals surface area (Å²) in [5, 5.41) is 0. The van der Waals surface area contributed by atoms with Crippen LogP contribution in [-0.2, 0) is 27.0 Å². The minimum Gasteiger partial charge on any atom is -0.307 e. The van der Waals surface area contributed by atoms with Crippen molar-refractivity contribution in [3.63, 3.8) is 0 Å². The first-order chi connectivity index (χ1) is 10.8. The largest absolute Gasteiger partial charge is 0.307 e. The van der Waals surface area contributed by atoms with Crippen LogP contribution >= 0.6 is 0 Å². The summed E-state index contributed by atoms with van der Waals surface area (Å²) in [5.74, 6) is 0. The number of aromatic nitrogens is 2. The van der Waals surface area contributed by atoms with Gasteiger partial charge in [0.25, 0.3) is 0 Å². The third-order valence-electron chi connectivity index (χ3n) is 2.39. The van der Waals surface area contributed by atoms with E-state index in [0.717, 1.165) is 6.54 Å². The number of nitrogens with zero attached hydrogens (tertiary/aromatic N) is 3. The van der Waals surface area contributed by atoms with E-state index in [9.17, 15) is 0 Å². The Hall–Kier alpha value is -1.86. The van der Waals surface area contributed by atoms with E-state index in [4.69, 9.17) is 0 Å². The molecular weight excluding hydrogens is 377 g/mol. The summed E-state index contributed by atoms with van der Waals surface area (Å²) in [6, 6.07) is 22.6. The van der Waals surface area contributed by atoms with Gasteiger partial charge in [-0.15, -0.1) is 5.56 Å². The molecule has 0 fully saturated rings. The Morgan fingerprint density at radius 3 is 1.57 bits per heavy atom. The van der Waals surface area contributed by atoms with Crippen LogP contribution in [0.5, 0.6) is 0 Å². The molecular formula is C19H22N3Pd-. The molecule has 0 saturated carbocycles. The van der Waals surface area contributed by atoms with Gasteiger partial charge in [-0.3, -0.25) is 9.97 Å². The van der Waals surface area contributed by atoms with Crippen LogP contribution in [0.1, 0.15) is 5.56 Å². The van der Waals surface area contributed by atoms with Crippen molar-refractivity contribution in [2.45, 2.75) is 6.54 Å². The van der Waals surface area contributed by atoms with Gasteiger partial charge in [0.1, 0.15) is 0 Å². The SMILES string of the molecule is CN(C)Cc1[c-]cccc1.[Pd].c1ccncc1.c1ccncc1. The molecule has 3 nitrogen and oxygen atoms in total. The van der Waals surface area contributed by atoms with E-state index in [1.165, 1.54) is 5.56 Å². The van der Waals surface area contributed by atoms with Gasteiger partial charge in [0.05, 0.1) is 0 Å². The Kier molecular flexibility index (Phi) is 13.8. The van der Waals surface area contributed by atoms with Gasteiger partial charge in [-0.05, 0) is 38.4 Å². The van der Waals surface area contributed by atoms with Gasteiger partial charge in [-0.25, -0.2) is 0 Å². The number of rotatable bonds is 2. The first kappa shape index (κ1) is 21.1. The van der Waals surface area contributed by atoms with E-state index < -0.39 is 0 Å². The van der Waals surface area contributed by atoms with Crippen LogP contribution in [0.25, 0.3) is 0 Å². The van der Waals surface area contributed by atoms with Gasteiger partial charge in [-0.1, -0.05) is 12.1 Å². The quantitative estimate of drug-likeness (QED) is 0.487. The fourth-order valence-electron chi connectivity index (χ4n) is 1.49. The van der Waals surface area contributed by atoms with Crippen LogP contribution in [0.2, 0.25) is 0 Å². The molecule has 0 saturated heterocycles. The maximum atomic E-state index is 3.78. The molecule has 124 valence electrons. The molecule has 0 aliphatic rings. The summed E-state index contributed by atoms with van der Waals surface area (Å²) in [4.78, 5) is 9.70. The molecule has 1 aromatic carbocycles. The Morgan fingerprint density at radius 1 is 0.783 bits per heavy atom. The van der Waals surface area contributed by atoms with Gasteiger partial charge < -0.3 is 4.90 Å². The molecule has 23 heavy (non-hydrogen) atoms. The summed E-state index contributed by atoms with van der Waals surface area (Å²) in [6.07, 6.45) is 7.00. The maximum Gasteiger partial charge on any atom is 0.0267 e. The smallest absolute Gasteiger partial charge is 0.0267 e. The molecule has 0 aliphatic heterocycles. The topological polar surface area (TPSA) is 29.0 Å². The van der Waals surface area contributed by atoms with Crippen LogP contribution in [0.4, 0.5) is 0 Å². The van der Waals surface area contributed by atoms with Crippen molar-refractivity contribution >= 4 is 0 Å². The fraction of sp³-hybridized carbons (Fsp3) is 0.158. The predicted octanol–water partition coefficient (Wildman–Crippen LogP) is 3.71. The number of hydrogen-bond acceptors (Lipinski definition) is 3. The second-order valence-electron chi connectivity index (χ2n) is 4.67. The molecule has 2 aromatic heterocycles. The summed E-state index contributed by atoms with van der Waals surface area (Å²) in [5.41, 5.74) is 1.24. The van der Waals surface area contributed by atoms with Crippen molar-refractivity contribution in [3.8, 4) is 0 Å². The fourth-order valence-corrected chi connectivity index (χ4v) is 1.49. The van der Waals surface area contributed by atoms with Gasteiger partial charge in [0.15, 0.2) is 0 Å². The van der Waals surface area contributed by atoms with Crippen molar-refractivity contribution in [1.29, 1.82) is 0 Å². The molecule has 0 aliphatic carbocycles. The average Bonchev–Trinajstić information content (AvgIpc) is 2.59. The van der Waals surface area contributed by atoms with E-state index in [0.29, 0.717) is 0 Å². The number of pyridine rings is 2. The number of hydrogen-bond donors (Lipinski definition) is 0. The molecule has 3 aromatic rings. The van der Waals surface area contributed by atoms with Gasteiger partial charge in [0, 0.05) is 51.8 Å². The van der Waals surface area contributed by atoms with E-state index >= 15 is 0 Å². The second-order valence-corrected chi connectivity index (χ2v) is 4.67. The minimum absolute atomic E-state index is 0. The molecule has 0 radical (unpaired) electrons. The van der Waals surface area contributed by atoms with Crippen LogP contribution in [-0.4, -0.2) is 29.0 Å². The Bertz CT molecular complexity index is 475. The molecule has 3 rings (SSSR count). The van der Waals surface area contributed by atoms with Gasteiger partial charge >= 0.3 is 0 Å². The van der Waals surface area contributed by atoms with Crippen molar-refractivity contribution < 1.29 is 20.4 Å². The summed E-state index contributed by atoms with van der Waals surface area (Å²) < 4.78 is 0. The van der Waals surface area contributed by atoms with Crippen molar-refractivity contribution in [1.82, 2.24) is 14.9 Å². The van der Waals surface area contributed by atoms with Gasteiger partial charge in [-0.2, -0.15) is 30.3 Å². The Morgan fingerprint density at radius 2 is 1.30 bits per heavy atom. The second kappa shape index (κ2) is 15.1. The third kappa shape index (κ3) is 13.5. The van der Waals surface area contributed by atoms with Crippen molar-refractivity contribution in [2.75, 3.05) is 14.1 Å². The summed E-state index contributed by atoms with van der Waals surface area (Å²) >= 11 is 0. The van der Waals surface area contributed by atoms with Crippen LogP contribution in [0.3, 0.4) is 0 Å². The van der Waals surface area contributed by atoms with Crippen LogP contribution in [0, 0.1) is 6.07 Å². The maximum absolute atomic E-state index is 3.78. The monoisotopic (exact) mass is 398 g/mol. The van der Waals surface area contributed by atoms with Crippen molar-refractivity contribution in [3.05, 3.63) is 97.1 Å². The molecule has 4 heteroatoms. The van der Waals surface area contributed by atoms with Crippen LogP contribution < -0.4 is 0 Å². The summed E-state index contributed by atoms with van der Waals surface area (Å²) in [6.45, 7) is 0.973. The van der Waals surface area contributed by atoms with E-state index in [1.54, 1.807) is 24.8 Å². The molecule has 0 N–H and O–H groups in total. The van der Waals surface area contributed by atoms with Gasteiger partial charge in [0.2, 0.25) is 0 Å². The molecule has 0 spiro atoms. The zero-order valence-corrected chi connectivity index (χ0v) is 15.0. The standard InChI is InChI=1S/C9H12N.2C5H5N.Pd/c1-10(2)8-9-6-4-3-5-7-9;2*1-2-4-6-5-3-1;/h3-6H,8H2,1-2H3;2*1-5H;/q-1;;;. The van der Waals surface area contributed by atoms with E-state index in [2.05, 4.69) is 41.1 Å². The zero-order chi connectivity index (χ0) is 15.9. The van der Waals surface area contributed by atoms with Crippen molar-refractivity contribution in [2.24, 2.45) is 0 Å². The Labute approximate surface area is 153 Å². The zero-order valence-electron chi connectivity index (χ0n) is 13.4. The molecule has 0 unspecified atom stereocenters. The average molecular weight is 399 g/mol. The normalized spacial score (nSPS) is 8.65. The first-order valence-electron chi connectivity index (χ1n) is 7.09. The van der Waals surface area contributed by atoms with Crippen LogP contribution in [0.15, 0.2) is 85.5 Å². The van der Waals surface area contributed by atoms with E-state index in [-0.39, 0.29) is 20.4 Å².